The first-order valence-corrected chi connectivity index (χ1v) is 5.95. The minimum Gasteiger partial charge on any atom is -0.466 e. The number of esters is 2. The molecule has 1 unspecified atom stereocenters. The van der Waals surface area contributed by atoms with Crippen molar-refractivity contribution in [1.82, 2.24) is 0 Å². The summed E-state index contributed by atoms with van der Waals surface area (Å²) in [6.07, 6.45) is 2.87. The highest BCUT2D eigenvalue weighted by Gasteiger charge is 2.54. The number of ether oxygens (including phenoxy) is 4. The second kappa shape index (κ2) is 5.14. The van der Waals surface area contributed by atoms with Gasteiger partial charge in [0.25, 0.3) is 0 Å². The fourth-order valence-electron chi connectivity index (χ4n) is 2.34. The Kier molecular flexibility index (Phi) is 3.73. The van der Waals surface area contributed by atoms with E-state index in [1.807, 2.05) is 6.92 Å². The highest BCUT2D eigenvalue weighted by atomic mass is 16.6. The molecule has 0 N–H and O–H groups in total. The van der Waals surface area contributed by atoms with Gasteiger partial charge in [0.05, 0.1) is 32.0 Å². The Labute approximate surface area is 111 Å². The maximum absolute atomic E-state index is 11.9. The molecule has 0 saturated heterocycles. The third-order valence-corrected chi connectivity index (χ3v) is 3.17. The summed E-state index contributed by atoms with van der Waals surface area (Å²) in [4.78, 5) is 23.8. The zero-order chi connectivity index (χ0) is 14.0. The number of carbonyl (C=O) groups is 2. The number of fused-ring (bicyclic) bond motifs is 2. The van der Waals surface area contributed by atoms with E-state index < -0.39 is 23.6 Å². The summed E-state index contributed by atoms with van der Waals surface area (Å²) < 4.78 is 20.5. The van der Waals surface area contributed by atoms with Gasteiger partial charge in [-0.15, -0.1) is 0 Å². The van der Waals surface area contributed by atoms with Gasteiger partial charge in [-0.05, 0) is 13.0 Å². The molecule has 0 amide bonds. The van der Waals surface area contributed by atoms with Crippen LogP contribution in [0.15, 0.2) is 23.3 Å². The summed E-state index contributed by atoms with van der Waals surface area (Å²) in [6.45, 7) is 2.47. The van der Waals surface area contributed by atoms with E-state index in [1.54, 1.807) is 12.2 Å². The molecular weight excluding hydrogens is 252 g/mol. The van der Waals surface area contributed by atoms with Gasteiger partial charge in [0.1, 0.15) is 11.7 Å². The van der Waals surface area contributed by atoms with Gasteiger partial charge in [0.15, 0.2) is 0 Å². The summed E-state index contributed by atoms with van der Waals surface area (Å²) in [5.74, 6) is -1.19. The standard InChI is InChI=1S/C13H16O6/c1-4-18-7-13-6-5-8(19-13)9(11(14)16-2)10(13)12(15)17-3/h5-6,8H,4,7H2,1-3H3/t8-,13?/m0/s1. The summed E-state index contributed by atoms with van der Waals surface area (Å²) >= 11 is 0. The van der Waals surface area contributed by atoms with Crippen molar-refractivity contribution < 1.29 is 28.5 Å². The lowest BCUT2D eigenvalue weighted by Gasteiger charge is -2.24. The first kappa shape index (κ1) is 13.8. The third kappa shape index (κ3) is 2.06. The monoisotopic (exact) mass is 268 g/mol. The van der Waals surface area contributed by atoms with Crippen LogP contribution < -0.4 is 0 Å². The molecule has 0 fully saturated rings. The first-order valence-electron chi connectivity index (χ1n) is 5.95. The summed E-state index contributed by atoms with van der Waals surface area (Å²) in [7, 11) is 2.52. The van der Waals surface area contributed by atoms with Gasteiger partial charge in [0.2, 0.25) is 0 Å². The fraction of sp³-hybridized carbons (Fsp3) is 0.538. The highest BCUT2D eigenvalue weighted by molar-refractivity contribution is 6.05. The molecule has 2 bridgehead atoms. The largest absolute Gasteiger partial charge is 0.466 e. The van der Waals surface area contributed by atoms with Crippen LogP contribution in [-0.4, -0.2) is 51.1 Å². The quantitative estimate of drug-likeness (QED) is 0.530. The molecular formula is C13H16O6. The average molecular weight is 268 g/mol. The predicted octanol–water partition coefficient (Wildman–Crippen LogP) is 0.373. The van der Waals surface area contributed by atoms with Gasteiger partial charge in [-0.1, -0.05) is 6.08 Å². The van der Waals surface area contributed by atoms with E-state index in [1.165, 1.54) is 14.2 Å². The zero-order valence-corrected chi connectivity index (χ0v) is 11.1. The molecule has 2 atom stereocenters. The molecule has 2 rings (SSSR count). The highest BCUT2D eigenvalue weighted by Crippen LogP contribution is 2.44. The Morgan fingerprint density at radius 3 is 2.58 bits per heavy atom. The zero-order valence-electron chi connectivity index (χ0n) is 11.1. The van der Waals surface area contributed by atoms with Gasteiger partial charge >= 0.3 is 11.9 Å². The maximum atomic E-state index is 11.9. The van der Waals surface area contributed by atoms with E-state index in [4.69, 9.17) is 18.9 Å². The number of rotatable bonds is 5. The summed E-state index contributed by atoms with van der Waals surface area (Å²) in [6, 6.07) is 0. The lowest BCUT2D eigenvalue weighted by molar-refractivity contribution is -0.140. The molecule has 2 aliphatic heterocycles. The third-order valence-electron chi connectivity index (χ3n) is 3.17. The minimum absolute atomic E-state index is 0.154. The average Bonchev–Trinajstić information content (AvgIpc) is 2.99. The van der Waals surface area contributed by atoms with Crippen molar-refractivity contribution in [3.05, 3.63) is 23.3 Å². The van der Waals surface area contributed by atoms with E-state index in [2.05, 4.69) is 0 Å². The van der Waals surface area contributed by atoms with Crippen molar-refractivity contribution in [3.8, 4) is 0 Å². The van der Waals surface area contributed by atoms with Crippen molar-refractivity contribution >= 4 is 11.9 Å². The molecule has 0 spiro atoms. The minimum atomic E-state index is -1.04. The van der Waals surface area contributed by atoms with Gasteiger partial charge < -0.3 is 18.9 Å². The smallest absolute Gasteiger partial charge is 0.337 e. The Morgan fingerprint density at radius 1 is 1.32 bits per heavy atom. The lowest BCUT2D eigenvalue weighted by Crippen LogP contribution is -2.37. The molecule has 0 saturated carbocycles. The van der Waals surface area contributed by atoms with Crippen LogP contribution in [0.1, 0.15) is 6.92 Å². The molecule has 2 aliphatic rings. The van der Waals surface area contributed by atoms with E-state index in [9.17, 15) is 9.59 Å². The molecule has 104 valence electrons. The van der Waals surface area contributed by atoms with Gasteiger partial charge in [-0.25, -0.2) is 9.59 Å². The molecule has 0 aliphatic carbocycles. The first-order chi connectivity index (χ1) is 9.09. The van der Waals surface area contributed by atoms with Gasteiger partial charge in [-0.3, -0.25) is 0 Å². The van der Waals surface area contributed by atoms with Crippen molar-refractivity contribution in [2.45, 2.75) is 18.6 Å². The van der Waals surface area contributed by atoms with Crippen LogP contribution in [-0.2, 0) is 28.5 Å². The molecule has 6 nitrogen and oxygen atoms in total. The number of carbonyl (C=O) groups excluding carboxylic acids is 2. The van der Waals surface area contributed by atoms with Gasteiger partial charge in [-0.2, -0.15) is 0 Å². The van der Waals surface area contributed by atoms with E-state index in [0.29, 0.717) is 6.61 Å². The SMILES string of the molecule is CCOCC12C=C[C@H](O1)C(C(=O)OC)=C2C(=O)OC. The normalized spacial score (nSPS) is 27.8. The number of hydrogen-bond donors (Lipinski definition) is 0. The van der Waals surface area contributed by atoms with Crippen LogP contribution >= 0.6 is 0 Å². The van der Waals surface area contributed by atoms with Crippen LogP contribution in [0.3, 0.4) is 0 Å². The molecule has 6 heteroatoms. The summed E-state index contributed by atoms with van der Waals surface area (Å²) in [5, 5.41) is 0. The molecule has 19 heavy (non-hydrogen) atoms. The van der Waals surface area contributed by atoms with Crippen LogP contribution in [0.25, 0.3) is 0 Å². The van der Waals surface area contributed by atoms with E-state index in [-0.39, 0.29) is 17.8 Å². The van der Waals surface area contributed by atoms with Crippen LogP contribution in [0.2, 0.25) is 0 Å². The Bertz CT molecular complexity index is 464. The van der Waals surface area contributed by atoms with Crippen LogP contribution in [0.5, 0.6) is 0 Å². The van der Waals surface area contributed by atoms with Crippen molar-refractivity contribution in [3.63, 3.8) is 0 Å². The molecule has 2 heterocycles. The van der Waals surface area contributed by atoms with Crippen molar-refractivity contribution in [2.75, 3.05) is 27.4 Å². The number of hydrogen-bond acceptors (Lipinski definition) is 6. The topological polar surface area (TPSA) is 71.1 Å². The predicted molar refractivity (Wildman–Crippen MR) is 64.3 cm³/mol. The molecule has 0 aromatic rings. The second-order valence-electron chi connectivity index (χ2n) is 4.20. The second-order valence-corrected chi connectivity index (χ2v) is 4.20. The maximum Gasteiger partial charge on any atom is 0.337 e. The van der Waals surface area contributed by atoms with E-state index >= 15 is 0 Å². The summed E-state index contributed by atoms with van der Waals surface area (Å²) in [5.41, 5.74) is -0.684. The van der Waals surface area contributed by atoms with Crippen LogP contribution in [0.4, 0.5) is 0 Å². The Balaban J connectivity index is 2.44. The number of methoxy groups -OCH3 is 2. The molecule has 0 aromatic heterocycles. The Morgan fingerprint density at radius 2 is 2.00 bits per heavy atom. The van der Waals surface area contributed by atoms with Crippen LogP contribution in [0, 0.1) is 0 Å². The van der Waals surface area contributed by atoms with Crippen molar-refractivity contribution in [2.24, 2.45) is 0 Å². The van der Waals surface area contributed by atoms with Gasteiger partial charge in [0, 0.05) is 6.61 Å². The fourth-order valence-corrected chi connectivity index (χ4v) is 2.34. The van der Waals surface area contributed by atoms with Crippen molar-refractivity contribution in [1.29, 1.82) is 0 Å². The lowest BCUT2D eigenvalue weighted by atomic mass is 9.87. The Hall–Kier alpha value is -1.66. The molecule has 0 aromatic carbocycles. The van der Waals surface area contributed by atoms with E-state index in [0.717, 1.165) is 0 Å². The molecule has 0 radical (unpaired) electrons.